The Labute approximate surface area is 128 Å². The molecular formula is C19H24N2. The molecule has 0 aliphatic carbocycles. The molecule has 0 unspecified atom stereocenters. The molecule has 0 spiro atoms. The van der Waals surface area contributed by atoms with Gasteiger partial charge in [-0.15, -0.1) is 0 Å². The van der Waals surface area contributed by atoms with E-state index in [1.165, 1.54) is 16.7 Å². The van der Waals surface area contributed by atoms with Crippen molar-refractivity contribution >= 4 is 6.08 Å². The first-order chi connectivity index (χ1) is 9.50. The number of hydrogen-bond donors (Lipinski definition) is 0. The van der Waals surface area contributed by atoms with Crippen molar-refractivity contribution in [3.05, 3.63) is 40.0 Å². The normalized spacial score (nSPS) is 11.5. The minimum atomic E-state index is 0.0212. The van der Waals surface area contributed by atoms with E-state index in [9.17, 15) is 0 Å². The SMILES string of the molecule is Cc1c(C(C)(C)C)cc(C=C(C#N)C#N)cc1C(C)(C)C. The maximum Gasteiger partial charge on any atom is 0.130 e. The Kier molecular flexibility index (Phi) is 4.65. The first kappa shape index (κ1) is 17.0. The third kappa shape index (κ3) is 3.96. The molecule has 2 heteroatoms. The van der Waals surface area contributed by atoms with Crippen LogP contribution in [0.4, 0.5) is 0 Å². The molecule has 0 radical (unpaired) electrons. The van der Waals surface area contributed by atoms with Crippen molar-refractivity contribution in [2.24, 2.45) is 0 Å². The summed E-state index contributed by atoms with van der Waals surface area (Å²) in [7, 11) is 0. The number of benzene rings is 1. The Balaban J connectivity index is 3.69. The van der Waals surface area contributed by atoms with E-state index in [-0.39, 0.29) is 16.4 Å². The first-order valence-corrected chi connectivity index (χ1v) is 7.18. The Morgan fingerprint density at radius 1 is 0.905 bits per heavy atom. The topological polar surface area (TPSA) is 47.6 Å². The molecule has 2 nitrogen and oxygen atoms in total. The highest BCUT2D eigenvalue weighted by atomic mass is 14.3. The van der Waals surface area contributed by atoms with E-state index in [4.69, 9.17) is 10.5 Å². The van der Waals surface area contributed by atoms with Crippen LogP contribution in [-0.2, 0) is 10.8 Å². The zero-order valence-corrected chi connectivity index (χ0v) is 14.1. The van der Waals surface area contributed by atoms with E-state index in [2.05, 4.69) is 60.6 Å². The average Bonchev–Trinajstić information content (AvgIpc) is 2.34. The largest absolute Gasteiger partial charge is 0.192 e. The molecule has 0 aromatic heterocycles. The summed E-state index contributed by atoms with van der Waals surface area (Å²) in [5.41, 5.74) is 4.92. The fraction of sp³-hybridized carbons (Fsp3) is 0.474. The maximum absolute atomic E-state index is 8.96. The van der Waals surface area contributed by atoms with Crippen LogP contribution in [0.3, 0.4) is 0 Å². The minimum absolute atomic E-state index is 0.0212. The van der Waals surface area contributed by atoms with Crippen LogP contribution in [0.15, 0.2) is 17.7 Å². The van der Waals surface area contributed by atoms with Crippen molar-refractivity contribution in [3.8, 4) is 12.1 Å². The molecule has 0 fully saturated rings. The number of nitrogens with zero attached hydrogens (tertiary/aromatic N) is 2. The summed E-state index contributed by atoms with van der Waals surface area (Å²) in [4.78, 5) is 0. The van der Waals surface area contributed by atoms with Gasteiger partial charge in [0, 0.05) is 0 Å². The van der Waals surface area contributed by atoms with Crippen LogP contribution < -0.4 is 0 Å². The highest BCUT2D eigenvalue weighted by molar-refractivity contribution is 5.64. The summed E-state index contributed by atoms with van der Waals surface area (Å²) in [6, 6.07) is 8.06. The fourth-order valence-corrected chi connectivity index (χ4v) is 2.63. The zero-order chi connectivity index (χ0) is 16.4. The molecule has 0 N–H and O–H groups in total. The van der Waals surface area contributed by atoms with E-state index in [1.807, 2.05) is 12.1 Å². The molecule has 1 aromatic carbocycles. The van der Waals surface area contributed by atoms with Gasteiger partial charge in [0.2, 0.25) is 0 Å². The third-order valence-electron chi connectivity index (χ3n) is 3.60. The van der Waals surface area contributed by atoms with Crippen LogP contribution >= 0.6 is 0 Å². The quantitative estimate of drug-likeness (QED) is 0.678. The van der Waals surface area contributed by atoms with Crippen molar-refractivity contribution < 1.29 is 0 Å². The standard InChI is InChI=1S/C19H24N2/c1-13-16(18(2,3)4)9-14(8-15(11-20)12-21)10-17(13)19(5,6)7/h8-10H,1-7H3. The lowest BCUT2D eigenvalue weighted by Crippen LogP contribution is -2.20. The summed E-state index contributed by atoms with van der Waals surface area (Å²) >= 11 is 0. The van der Waals surface area contributed by atoms with Gasteiger partial charge in [0.15, 0.2) is 0 Å². The predicted octanol–water partition coefficient (Wildman–Crippen LogP) is 5.02. The Morgan fingerprint density at radius 3 is 1.57 bits per heavy atom. The van der Waals surface area contributed by atoms with Gasteiger partial charge < -0.3 is 0 Å². The summed E-state index contributed by atoms with van der Waals surface area (Å²) in [5, 5.41) is 17.9. The molecule has 0 saturated carbocycles. The van der Waals surface area contributed by atoms with E-state index in [1.54, 1.807) is 6.08 Å². The van der Waals surface area contributed by atoms with Gasteiger partial charge in [0.25, 0.3) is 0 Å². The number of rotatable bonds is 1. The van der Waals surface area contributed by atoms with Crippen molar-refractivity contribution in [3.63, 3.8) is 0 Å². The molecule has 0 aliphatic heterocycles. The van der Waals surface area contributed by atoms with Crippen molar-refractivity contribution in [2.75, 3.05) is 0 Å². The lowest BCUT2D eigenvalue weighted by atomic mass is 9.75. The van der Waals surface area contributed by atoms with E-state index in [0.717, 1.165) is 5.56 Å². The summed E-state index contributed by atoms with van der Waals surface area (Å²) in [5.74, 6) is 0. The highest BCUT2D eigenvalue weighted by Crippen LogP contribution is 2.35. The lowest BCUT2D eigenvalue weighted by Gasteiger charge is -2.29. The molecule has 0 atom stereocenters. The van der Waals surface area contributed by atoms with Gasteiger partial charge in [-0.3, -0.25) is 0 Å². The summed E-state index contributed by atoms with van der Waals surface area (Å²) < 4.78 is 0. The van der Waals surface area contributed by atoms with Crippen LogP contribution in [0.5, 0.6) is 0 Å². The van der Waals surface area contributed by atoms with Gasteiger partial charge in [0.05, 0.1) is 0 Å². The molecule has 0 bridgehead atoms. The Bertz CT molecular complexity index is 600. The minimum Gasteiger partial charge on any atom is -0.192 e. The van der Waals surface area contributed by atoms with Gasteiger partial charge in [-0.1, -0.05) is 53.7 Å². The molecule has 0 heterocycles. The van der Waals surface area contributed by atoms with Gasteiger partial charge in [-0.05, 0) is 46.1 Å². The van der Waals surface area contributed by atoms with Crippen LogP contribution in [0, 0.1) is 29.6 Å². The molecule has 0 saturated heterocycles. The average molecular weight is 280 g/mol. The second-order valence-electron chi connectivity index (χ2n) is 7.52. The zero-order valence-electron chi connectivity index (χ0n) is 14.1. The Morgan fingerprint density at radius 2 is 1.29 bits per heavy atom. The molecule has 1 rings (SSSR count). The second kappa shape index (κ2) is 5.74. The van der Waals surface area contributed by atoms with Crippen molar-refractivity contribution in [2.45, 2.75) is 59.3 Å². The Hall–Kier alpha value is -2.06. The van der Waals surface area contributed by atoms with E-state index < -0.39 is 0 Å². The fourth-order valence-electron chi connectivity index (χ4n) is 2.63. The molecular weight excluding hydrogens is 256 g/mol. The number of nitriles is 2. The second-order valence-corrected chi connectivity index (χ2v) is 7.52. The van der Waals surface area contributed by atoms with Crippen molar-refractivity contribution in [1.29, 1.82) is 10.5 Å². The first-order valence-electron chi connectivity index (χ1n) is 7.18. The molecule has 110 valence electrons. The van der Waals surface area contributed by atoms with Gasteiger partial charge >= 0.3 is 0 Å². The van der Waals surface area contributed by atoms with Gasteiger partial charge in [-0.2, -0.15) is 10.5 Å². The molecule has 1 aromatic rings. The van der Waals surface area contributed by atoms with E-state index in [0.29, 0.717) is 0 Å². The summed E-state index contributed by atoms with van der Waals surface area (Å²) in [6.07, 6.45) is 1.67. The van der Waals surface area contributed by atoms with E-state index >= 15 is 0 Å². The third-order valence-corrected chi connectivity index (χ3v) is 3.60. The number of allylic oxidation sites excluding steroid dienone is 1. The monoisotopic (exact) mass is 280 g/mol. The maximum atomic E-state index is 8.96. The molecule has 0 amide bonds. The lowest BCUT2D eigenvalue weighted by molar-refractivity contribution is 0.561. The smallest absolute Gasteiger partial charge is 0.130 e. The van der Waals surface area contributed by atoms with Gasteiger partial charge in [-0.25, -0.2) is 0 Å². The van der Waals surface area contributed by atoms with Crippen LogP contribution in [0.25, 0.3) is 6.08 Å². The predicted molar refractivity (Wildman–Crippen MR) is 87.8 cm³/mol. The highest BCUT2D eigenvalue weighted by Gasteiger charge is 2.24. The molecule has 21 heavy (non-hydrogen) atoms. The van der Waals surface area contributed by atoms with Crippen LogP contribution in [0.1, 0.15) is 63.8 Å². The van der Waals surface area contributed by atoms with Crippen LogP contribution in [0.2, 0.25) is 0 Å². The number of hydrogen-bond acceptors (Lipinski definition) is 2. The van der Waals surface area contributed by atoms with Gasteiger partial charge in [0.1, 0.15) is 17.7 Å². The van der Waals surface area contributed by atoms with Crippen LogP contribution in [-0.4, -0.2) is 0 Å². The summed E-state index contributed by atoms with van der Waals surface area (Å²) in [6.45, 7) is 15.3. The van der Waals surface area contributed by atoms with Crippen molar-refractivity contribution in [1.82, 2.24) is 0 Å². The molecule has 0 aliphatic rings.